The summed E-state index contributed by atoms with van der Waals surface area (Å²) in [5.74, 6) is -0.332. The summed E-state index contributed by atoms with van der Waals surface area (Å²) in [6, 6.07) is 6.78. The Labute approximate surface area is 127 Å². The van der Waals surface area contributed by atoms with Crippen LogP contribution in [0, 0.1) is 5.92 Å². The third-order valence-electron chi connectivity index (χ3n) is 3.13. The van der Waals surface area contributed by atoms with Crippen molar-refractivity contribution in [3.63, 3.8) is 0 Å². The number of hydrogen-bond donors (Lipinski definition) is 1. The largest absolute Gasteiger partial charge is 0.284 e. The molecular weight excluding hydrogens is 366 g/mol. The highest BCUT2D eigenvalue weighted by atomic mass is 79.9. The molecule has 5 nitrogen and oxygen atoms in total. The molecule has 112 valence electrons. The molecule has 0 amide bonds. The predicted octanol–water partition coefficient (Wildman–Crippen LogP) is 2.02. The van der Waals surface area contributed by atoms with Gasteiger partial charge in [0.05, 0.1) is 17.3 Å². The van der Waals surface area contributed by atoms with Gasteiger partial charge in [-0.25, -0.2) is 16.8 Å². The highest BCUT2D eigenvalue weighted by molar-refractivity contribution is 9.10. The molecule has 1 saturated heterocycles. The Morgan fingerprint density at radius 1 is 1.25 bits per heavy atom. The molecule has 1 fully saturated rings. The highest BCUT2D eigenvalue weighted by Gasteiger charge is 2.28. The van der Waals surface area contributed by atoms with E-state index >= 15 is 0 Å². The van der Waals surface area contributed by atoms with Crippen LogP contribution in [-0.2, 0) is 19.9 Å². The first-order valence-electron chi connectivity index (χ1n) is 6.22. The second-order valence-electron chi connectivity index (χ2n) is 5.01. The lowest BCUT2D eigenvalue weighted by Gasteiger charge is -2.21. The monoisotopic (exact) mass is 381 g/mol. The van der Waals surface area contributed by atoms with Gasteiger partial charge in [-0.05, 0) is 43.0 Å². The van der Waals surface area contributed by atoms with Crippen LogP contribution in [0.2, 0.25) is 0 Å². The molecule has 1 aliphatic rings. The SMILES string of the molecule is O=S1(=O)CCCC(CS(=O)(=O)Nc2ccc(Br)cc2)C1. The molecular formula is C12H16BrNO4S2. The van der Waals surface area contributed by atoms with Crippen molar-refractivity contribution >= 4 is 41.5 Å². The normalized spacial score (nSPS) is 22.4. The number of sulfone groups is 1. The van der Waals surface area contributed by atoms with E-state index in [4.69, 9.17) is 0 Å². The van der Waals surface area contributed by atoms with Crippen LogP contribution in [0.25, 0.3) is 0 Å². The van der Waals surface area contributed by atoms with Crippen LogP contribution in [0.4, 0.5) is 5.69 Å². The van der Waals surface area contributed by atoms with Crippen molar-refractivity contribution in [1.29, 1.82) is 0 Å². The lowest BCUT2D eigenvalue weighted by Crippen LogP contribution is -2.32. The summed E-state index contributed by atoms with van der Waals surface area (Å²) < 4.78 is 50.5. The second-order valence-corrected chi connectivity index (χ2v) is 9.92. The molecule has 0 radical (unpaired) electrons. The Hall–Kier alpha value is -0.600. The average molecular weight is 382 g/mol. The van der Waals surface area contributed by atoms with E-state index in [0.717, 1.165) is 4.47 Å². The molecule has 0 aliphatic carbocycles. The van der Waals surface area contributed by atoms with E-state index in [1.807, 2.05) is 0 Å². The fourth-order valence-corrected chi connectivity index (χ4v) is 5.97. The van der Waals surface area contributed by atoms with E-state index in [9.17, 15) is 16.8 Å². The van der Waals surface area contributed by atoms with E-state index in [1.165, 1.54) is 0 Å². The number of benzene rings is 1. The summed E-state index contributed by atoms with van der Waals surface area (Å²) in [5, 5.41) is 0. The quantitative estimate of drug-likeness (QED) is 0.864. The lowest BCUT2D eigenvalue weighted by molar-refractivity contribution is 0.509. The minimum atomic E-state index is -3.53. The zero-order valence-corrected chi connectivity index (χ0v) is 14.0. The van der Waals surface area contributed by atoms with Gasteiger partial charge in [-0.1, -0.05) is 15.9 Å². The van der Waals surface area contributed by atoms with Gasteiger partial charge in [0.2, 0.25) is 10.0 Å². The average Bonchev–Trinajstić information content (AvgIpc) is 2.30. The predicted molar refractivity (Wildman–Crippen MR) is 82.9 cm³/mol. The van der Waals surface area contributed by atoms with Crippen molar-refractivity contribution in [1.82, 2.24) is 0 Å². The topological polar surface area (TPSA) is 80.3 Å². The van der Waals surface area contributed by atoms with Gasteiger partial charge in [0.1, 0.15) is 0 Å². The van der Waals surface area contributed by atoms with E-state index in [-0.39, 0.29) is 23.2 Å². The Bertz CT molecular complexity index is 668. The van der Waals surface area contributed by atoms with Crippen LogP contribution >= 0.6 is 15.9 Å². The van der Waals surface area contributed by atoms with Gasteiger partial charge >= 0.3 is 0 Å². The molecule has 0 aromatic heterocycles. The van der Waals surface area contributed by atoms with Crippen LogP contribution in [0.15, 0.2) is 28.7 Å². The second kappa shape index (κ2) is 6.03. The number of anilines is 1. The molecule has 1 unspecified atom stereocenters. The van der Waals surface area contributed by atoms with Crippen LogP contribution < -0.4 is 4.72 Å². The third kappa shape index (κ3) is 4.75. The van der Waals surface area contributed by atoms with Gasteiger partial charge in [-0.15, -0.1) is 0 Å². The number of halogens is 1. The van der Waals surface area contributed by atoms with Crippen molar-refractivity contribution in [3.8, 4) is 0 Å². The summed E-state index contributed by atoms with van der Waals surface area (Å²) in [6.45, 7) is 0. The van der Waals surface area contributed by atoms with Crippen molar-refractivity contribution in [2.45, 2.75) is 12.8 Å². The summed E-state index contributed by atoms with van der Waals surface area (Å²) in [7, 11) is -6.61. The van der Waals surface area contributed by atoms with E-state index in [0.29, 0.717) is 18.5 Å². The standard InChI is InChI=1S/C12H16BrNO4S2/c13-11-3-5-12(6-4-11)14-20(17,18)9-10-2-1-7-19(15,16)8-10/h3-6,10,14H,1-2,7-9H2. The minimum absolute atomic E-state index is 0.0335. The minimum Gasteiger partial charge on any atom is -0.284 e. The lowest BCUT2D eigenvalue weighted by atomic mass is 10.1. The van der Waals surface area contributed by atoms with E-state index in [2.05, 4.69) is 20.7 Å². The zero-order valence-electron chi connectivity index (χ0n) is 10.7. The third-order valence-corrected chi connectivity index (χ3v) is 7.01. The molecule has 0 spiro atoms. The van der Waals surface area contributed by atoms with Gasteiger partial charge in [-0.3, -0.25) is 4.72 Å². The first kappa shape index (κ1) is 15.8. The Morgan fingerprint density at radius 3 is 2.50 bits per heavy atom. The molecule has 1 aromatic carbocycles. The molecule has 1 heterocycles. The summed E-state index contributed by atoms with van der Waals surface area (Å²) >= 11 is 3.27. The smallest absolute Gasteiger partial charge is 0.233 e. The van der Waals surface area contributed by atoms with Gasteiger partial charge in [0.15, 0.2) is 9.84 Å². The molecule has 20 heavy (non-hydrogen) atoms. The van der Waals surface area contributed by atoms with Gasteiger partial charge in [0, 0.05) is 10.2 Å². The highest BCUT2D eigenvalue weighted by Crippen LogP contribution is 2.21. The van der Waals surface area contributed by atoms with Gasteiger partial charge in [0.25, 0.3) is 0 Å². The van der Waals surface area contributed by atoms with E-state index < -0.39 is 19.9 Å². The van der Waals surface area contributed by atoms with Crippen LogP contribution in [-0.4, -0.2) is 34.1 Å². The maximum absolute atomic E-state index is 12.0. The van der Waals surface area contributed by atoms with Gasteiger partial charge < -0.3 is 0 Å². The molecule has 2 rings (SSSR count). The molecule has 1 aromatic rings. The summed E-state index contributed by atoms with van der Waals surface area (Å²) in [4.78, 5) is 0. The van der Waals surface area contributed by atoms with E-state index in [1.54, 1.807) is 24.3 Å². The van der Waals surface area contributed by atoms with Crippen molar-refractivity contribution < 1.29 is 16.8 Å². The zero-order chi connectivity index (χ0) is 14.8. The van der Waals surface area contributed by atoms with Crippen LogP contribution in [0.5, 0.6) is 0 Å². The van der Waals surface area contributed by atoms with Crippen molar-refractivity contribution in [2.24, 2.45) is 5.92 Å². The fourth-order valence-electron chi connectivity index (χ4n) is 2.30. The first-order chi connectivity index (χ1) is 9.26. The maximum atomic E-state index is 12.0. The number of nitrogens with one attached hydrogen (secondary N) is 1. The molecule has 1 N–H and O–H groups in total. The fraction of sp³-hybridized carbons (Fsp3) is 0.500. The van der Waals surface area contributed by atoms with Crippen molar-refractivity contribution in [3.05, 3.63) is 28.7 Å². The molecule has 0 bridgehead atoms. The Kier molecular flexibility index (Phi) is 4.76. The molecule has 1 atom stereocenters. The van der Waals surface area contributed by atoms with Crippen LogP contribution in [0.1, 0.15) is 12.8 Å². The summed E-state index contributed by atoms with van der Waals surface area (Å²) in [6.07, 6.45) is 1.18. The first-order valence-corrected chi connectivity index (χ1v) is 10.5. The number of rotatable bonds is 4. The Balaban J connectivity index is 2.02. The molecule has 8 heteroatoms. The number of hydrogen-bond acceptors (Lipinski definition) is 4. The Morgan fingerprint density at radius 2 is 1.90 bits per heavy atom. The summed E-state index contributed by atoms with van der Waals surface area (Å²) in [5.41, 5.74) is 0.479. The number of sulfonamides is 1. The van der Waals surface area contributed by atoms with Crippen LogP contribution in [0.3, 0.4) is 0 Å². The maximum Gasteiger partial charge on any atom is 0.233 e. The van der Waals surface area contributed by atoms with Gasteiger partial charge in [-0.2, -0.15) is 0 Å². The molecule has 0 saturated carbocycles. The molecule has 1 aliphatic heterocycles. The van der Waals surface area contributed by atoms with Crippen molar-refractivity contribution in [2.75, 3.05) is 22.0 Å².